The van der Waals surface area contributed by atoms with Crippen molar-refractivity contribution in [1.82, 2.24) is 10.3 Å². The third-order valence-electron chi connectivity index (χ3n) is 1.90. The van der Waals surface area contributed by atoms with Gasteiger partial charge in [0.1, 0.15) is 0 Å². The van der Waals surface area contributed by atoms with Crippen LogP contribution in [0.15, 0.2) is 6.20 Å². The predicted molar refractivity (Wildman–Crippen MR) is 58.1 cm³/mol. The summed E-state index contributed by atoms with van der Waals surface area (Å²) in [4.78, 5) is 5.57. The number of nitrogens with zero attached hydrogens (tertiary/aromatic N) is 1. The van der Waals surface area contributed by atoms with Crippen molar-refractivity contribution < 1.29 is 0 Å². The van der Waals surface area contributed by atoms with Crippen molar-refractivity contribution in [3.05, 3.63) is 16.1 Å². The minimum atomic E-state index is 0.439. The second-order valence-electron chi connectivity index (χ2n) is 3.81. The number of rotatable bonds is 4. The van der Waals surface area contributed by atoms with Gasteiger partial charge in [0.25, 0.3) is 0 Å². The fourth-order valence-corrected chi connectivity index (χ4v) is 1.90. The minimum Gasteiger partial charge on any atom is -0.309 e. The molecule has 0 fully saturated rings. The van der Waals surface area contributed by atoms with Crippen LogP contribution in [0.25, 0.3) is 0 Å². The van der Waals surface area contributed by atoms with Gasteiger partial charge in [-0.2, -0.15) is 0 Å². The van der Waals surface area contributed by atoms with Crippen LogP contribution in [-0.4, -0.2) is 11.5 Å². The fourth-order valence-electron chi connectivity index (χ4n) is 1.09. The van der Waals surface area contributed by atoms with Gasteiger partial charge < -0.3 is 5.32 Å². The Hall–Kier alpha value is -0.410. The highest BCUT2D eigenvalue weighted by Gasteiger charge is 2.07. The van der Waals surface area contributed by atoms with E-state index in [0.717, 1.165) is 11.6 Å². The lowest BCUT2D eigenvalue weighted by molar-refractivity contribution is 0.500. The second-order valence-corrected chi connectivity index (χ2v) is 5.07. The number of nitrogens with one attached hydrogen (secondary N) is 1. The molecule has 0 aliphatic rings. The highest BCUT2D eigenvalue weighted by molar-refractivity contribution is 7.11. The number of aryl methyl sites for hydroxylation is 1. The lowest BCUT2D eigenvalue weighted by Gasteiger charge is -2.13. The normalized spacial score (nSPS) is 13.6. The van der Waals surface area contributed by atoms with Gasteiger partial charge in [0.15, 0.2) is 0 Å². The largest absolute Gasteiger partial charge is 0.309 e. The van der Waals surface area contributed by atoms with Crippen LogP contribution in [0.2, 0.25) is 0 Å². The molecule has 1 aromatic heterocycles. The molecule has 0 bridgehead atoms. The molecule has 1 heterocycles. The molecule has 3 heteroatoms. The van der Waals surface area contributed by atoms with Crippen LogP contribution < -0.4 is 5.32 Å². The third-order valence-corrected chi connectivity index (χ3v) is 2.99. The van der Waals surface area contributed by atoms with Crippen molar-refractivity contribution in [1.29, 1.82) is 0 Å². The van der Waals surface area contributed by atoms with Crippen LogP contribution in [0.1, 0.15) is 36.7 Å². The van der Waals surface area contributed by atoms with Crippen molar-refractivity contribution in [3.63, 3.8) is 0 Å². The standard InChI is InChI=1S/C10H18N2S/c1-7(2)5-11-8(3)10-6-12-9(4)13-10/h6-8,11H,5H2,1-4H3. The molecule has 0 saturated heterocycles. The highest BCUT2D eigenvalue weighted by atomic mass is 32.1. The van der Waals surface area contributed by atoms with E-state index in [9.17, 15) is 0 Å². The van der Waals surface area contributed by atoms with Gasteiger partial charge in [-0.1, -0.05) is 13.8 Å². The number of aromatic nitrogens is 1. The van der Waals surface area contributed by atoms with Gasteiger partial charge >= 0.3 is 0 Å². The van der Waals surface area contributed by atoms with Crippen molar-refractivity contribution in [2.24, 2.45) is 5.92 Å². The monoisotopic (exact) mass is 198 g/mol. The predicted octanol–water partition coefficient (Wildman–Crippen LogP) is 2.76. The number of hydrogen-bond donors (Lipinski definition) is 1. The summed E-state index contributed by atoms with van der Waals surface area (Å²) < 4.78 is 0. The summed E-state index contributed by atoms with van der Waals surface area (Å²) in [5, 5.41) is 4.63. The molecule has 1 rings (SSSR count). The quantitative estimate of drug-likeness (QED) is 0.804. The van der Waals surface area contributed by atoms with E-state index in [1.807, 2.05) is 13.1 Å². The number of thiazole rings is 1. The van der Waals surface area contributed by atoms with E-state index in [2.05, 4.69) is 31.1 Å². The molecule has 1 N–H and O–H groups in total. The maximum atomic E-state index is 4.24. The molecule has 2 nitrogen and oxygen atoms in total. The van der Waals surface area contributed by atoms with Gasteiger partial charge in [-0.25, -0.2) is 4.98 Å². The molecule has 0 aliphatic heterocycles. The van der Waals surface area contributed by atoms with Crippen LogP contribution in [0.4, 0.5) is 0 Å². The van der Waals surface area contributed by atoms with E-state index in [1.54, 1.807) is 11.3 Å². The molecule has 0 aliphatic carbocycles. The Balaban J connectivity index is 2.44. The molecule has 74 valence electrons. The molecule has 0 aromatic carbocycles. The molecule has 0 radical (unpaired) electrons. The van der Waals surface area contributed by atoms with Gasteiger partial charge in [-0.05, 0) is 26.3 Å². The zero-order chi connectivity index (χ0) is 9.84. The Morgan fingerprint density at radius 2 is 2.15 bits per heavy atom. The van der Waals surface area contributed by atoms with E-state index >= 15 is 0 Å². The summed E-state index contributed by atoms with van der Waals surface area (Å²) in [6.45, 7) is 9.74. The van der Waals surface area contributed by atoms with E-state index in [4.69, 9.17) is 0 Å². The summed E-state index contributed by atoms with van der Waals surface area (Å²) in [5.74, 6) is 0.705. The summed E-state index contributed by atoms with van der Waals surface area (Å²) in [6, 6.07) is 0.439. The van der Waals surface area contributed by atoms with Crippen LogP contribution in [0, 0.1) is 12.8 Å². The van der Waals surface area contributed by atoms with Crippen LogP contribution in [0.3, 0.4) is 0 Å². The first-order valence-corrected chi connectivity index (χ1v) is 5.57. The SMILES string of the molecule is Cc1ncc(C(C)NCC(C)C)s1. The fraction of sp³-hybridized carbons (Fsp3) is 0.700. The third kappa shape index (κ3) is 3.44. The van der Waals surface area contributed by atoms with Crippen molar-refractivity contribution in [2.75, 3.05) is 6.54 Å². The van der Waals surface area contributed by atoms with Crippen molar-refractivity contribution >= 4 is 11.3 Å². The van der Waals surface area contributed by atoms with Gasteiger partial charge in [-0.3, -0.25) is 0 Å². The topological polar surface area (TPSA) is 24.9 Å². The Kier molecular flexibility index (Phi) is 3.88. The number of hydrogen-bond acceptors (Lipinski definition) is 3. The molecule has 1 atom stereocenters. The summed E-state index contributed by atoms with van der Waals surface area (Å²) >= 11 is 1.77. The average Bonchev–Trinajstić information content (AvgIpc) is 2.47. The molecule has 1 unspecified atom stereocenters. The van der Waals surface area contributed by atoms with Crippen molar-refractivity contribution in [2.45, 2.75) is 33.7 Å². The van der Waals surface area contributed by atoms with E-state index in [1.165, 1.54) is 4.88 Å². The maximum absolute atomic E-state index is 4.24. The van der Waals surface area contributed by atoms with Gasteiger partial charge in [0.2, 0.25) is 0 Å². The van der Waals surface area contributed by atoms with Gasteiger partial charge in [0, 0.05) is 17.1 Å². The lowest BCUT2D eigenvalue weighted by Crippen LogP contribution is -2.22. The first-order chi connectivity index (χ1) is 6.09. The Morgan fingerprint density at radius 1 is 1.46 bits per heavy atom. The summed E-state index contributed by atoms with van der Waals surface area (Å²) in [6.07, 6.45) is 1.97. The second kappa shape index (κ2) is 4.72. The lowest BCUT2D eigenvalue weighted by atomic mass is 10.2. The summed E-state index contributed by atoms with van der Waals surface area (Å²) in [5.41, 5.74) is 0. The molecule has 0 amide bonds. The molecule has 1 aromatic rings. The average molecular weight is 198 g/mol. The zero-order valence-electron chi connectivity index (χ0n) is 8.79. The van der Waals surface area contributed by atoms with Crippen LogP contribution in [0.5, 0.6) is 0 Å². The van der Waals surface area contributed by atoms with Crippen LogP contribution >= 0.6 is 11.3 Å². The highest BCUT2D eigenvalue weighted by Crippen LogP contribution is 2.19. The molecule has 13 heavy (non-hydrogen) atoms. The Labute approximate surface area is 84.4 Å². The molecule has 0 saturated carbocycles. The molecular weight excluding hydrogens is 180 g/mol. The van der Waals surface area contributed by atoms with Gasteiger partial charge in [-0.15, -0.1) is 11.3 Å². The van der Waals surface area contributed by atoms with E-state index < -0.39 is 0 Å². The minimum absolute atomic E-state index is 0.439. The smallest absolute Gasteiger partial charge is 0.0897 e. The molecular formula is C10H18N2S. The zero-order valence-corrected chi connectivity index (χ0v) is 9.61. The molecule has 0 spiro atoms. The first kappa shape index (κ1) is 10.7. The van der Waals surface area contributed by atoms with Crippen molar-refractivity contribution in [3.8, 4) is 0 Å². The van der Waals surface area contributed by atoms with E-state index in [-0.39, 0.29) is 0 Å². The Morgan fingerprint density at radius 3 is 2.62 bits per heavy atom. The van der Waals surface area contributed by atoms with Crippen LogP contribution in [-0.2, 0) is 0 Å². The first-order valence-electron chi connectivity index (χ1n) is 4.75. The summed E-state index contributed by atoms with van der Waals surface area (Å²) in [7, 11) is 0. The van der Waals surface area contributed by atoms with E-state index in [0.29, 0.717) is 12.0 Å². The van der Waals surface area contributed by atoms with Gasteiger partial charge in [0.05, 0.1) is 5.01 Å². The Bertz CT molecular complexity index is 255. The maximum Gasteiger partial charge on any atom is 0.0897 e.